The smallest absolute Gasteiger partial charge is 0.127 e. The molecule has 6 aromatic carbocycles. The van der Waals surface area contributed by atoms with Gasteiger partial charge in [0.1, 0.15) is 23.0 Å². The Morgan fingerprint density at radius 3 is 1.16 bits per heavy atom. The number of hydrogen-bond acceptors (Lipinski definition) is 4. The third-order valence-electron chi connectivity index (χ3n) is 17.0. The van der Waals surface area contributed by atoms with Gasteiger partial charge in [-0.25, -0.2) is 0 Å². The van der Waals surface area contributed by atoms with E-state index in [0.29, 0.717) is 13.2 Å². The number of ether oxygens (including phenoxy) is 4. The van der Waals surface area contributed by atoms with Gasteiger partial charge in [-0.2, -0.15) is 0 Å². The van der Waals surface area contributed by atoms with Gasteiger partial charge in [0.15, 0.2) is 0 Å². The van der Waals surface area contributed by atoms with Gasteiger partial charge in [0.25, 0.3) is 0 Å². The monoisotopic (exact) mass is 999 g/mol. The van der Waals surface area contributed by atoms with E-state index in [1.165, 1.54) is 185 Å². The molecule has 2 fully saturated rings. The summed E-state index contributed by atoms with van der Waals surface area (Å²) >= 11 is 0. The maximum Gasteiger partial charge on any atom is 0.127 e. The van der Waals surface area contributed by atoms with Crippen LogP contribution in [0.1, 0.15) is 216 Å². The normalized spacial score (nSPS) is 17.9. The number of hydrogen-bond donors (Lipinski definition) is 0. The van der Waals surface area contributed by atoms with Crippen LogP contribution in [0.4, 0.5) is 0 Å². The molecule has 0 spiro atoms. The van der Waals surface area contributed by atoms with Crippen molar-refractivity contribution in [2.45, 2.75) is 206 Å². The van der Waals surface area contributed by atoms with Gasteiger partial charge in [0.2, 0.25) is 0 Å². The molecule has 0 N–H and O–H groups in total. The lowest BCUT2D eigenvalue weighted by atomic mass is 9.77. The lowest BCUT2D eigenvalue weighted by Gasteiger charge is -2.29. The highest BCUT2D eigenvalue weighted by Crippen LogP contribution is 2.46. The first-order chi connectivity index (χ1) is 36.5. The first kappa shape index (κ1) is 55.3. The maximum absolute atomic E-state index is 6.41. The maximum atomic E-state index is 6.41. The topological polar surface area (TPSA) is 36.9 Å². The summed E-state index contributed by atoms with van der Waals surface area (Å²) in [5, 5.41) is 4.91. The second-order valence-electron chi connectivity index (χ2n) is 22.4. The van der Waals surface area contributed by atoms with Crippen LogP contribution in [0.3, 0.4) is 0 Å². The lowest BCUT2D eigenvalue weighted by molar-refractivity contribution is 0.299. The number of unbranched alkanes of at least 4 members (excludes halogenated alkanes) is 10. The fraction of sp³-hybridized carbons (Fsp3) is 0.543. The van der Waals surface area contributed by atoms with E-state index in [2.05, 4.69) is 137 Å². The fourth-order valence-electron chi connectivity index (χ4n) is 12.7. The van der Waals surface area contributed by atoms with E-state index < -0.39 is 0 Å². The van der Waals surface area contributed by atoms with Crippen molar-refractivity contribution in [2.24, 2.45) is 11.8 Å². The Morgan fingerprint density at radius 1 is 0.365 bits per heavy atom. The van der Waals surface area contributed by atoms with Crippen LogP contribution in [0.2, 0.25) is 0 Å². The first-order valence-electron chi connectivity index (χ1n) is 30.4. The minimum Gasteiger partial charge on any atom is -0.494 e. The van der Waals surface area contributed by atoms with E-state index in [4.69, 9.17) is 18.9 Å². The van der Waals surface area contributed by atoms with Gasteiger partial charge in [0, 0.05) is 11.1 Å². The highest BCUT2D eigenvalue weighted by molar-refractivity contribution is 6.10. The molecule has 4 nitrogen and oxygen atoms in total. The van der Waals surface area contributed by atoms with Crippen molar-refractivity contribution < 1.29 is 18.9 Å². The zero-order valence-electron chi connectivity index (χ0n) is 46.5. The largest absolute Gasteiger partial charge is 0.494 e. The zero-order valence-corrected chi connectivity index (χ0v) is 46.5. The summed E-state index contributed by atoms with van der Waals surface area (Å²) in [6.07, 6.45) is 33.6. The lowest BCUT2D eigenvalue weighted by Crippen LogP contribution is -2.13. The predicted molar refractivity (Wildman–Crippen MR) is 315 cm³/mol. The van der Waals surface area contributed by atoms with Crippen molar-refractivity contribution in [3.05, 3.63) is 131 Å². The van der Waals surface area contributed by atoms with E-state index in [1.807, 2.05) is 0 Å². The quantitative estimate of drug-likeness (QED) is 0.0407. The Balaban J connectivity index is 0.788. The summed E-state index contributed by atoms with van der Waals surface area (Å²) < 4.78 is 25.2. The van der Waals surface area contributed by atoms with Gasteiger partial charge in [-0.1, -0.05) is 164 Å². The van der Waals surface area contributed by atoms with Crippen molar-refractivity contribution in [3.63, 3.8) is 0 Å². The van der Waals surface area contributed by atoms with Crippen LogP contribution in [0.15, 0.2) is 109 Å². The number of aryl methyl sites for hydroxylation is 2. The average molecular weight is 1000 g/mol. The average Bonchev–Trinajstić information content (AvgIpc) is 3.44. The van der Waals surface area contributed by atoms with Crippen molar-refractivity contribution in [2.75, 3.05) is 26.4 Å². The van der Waals surface area contributed by atoms with E-state index in [0.717, 1.165) is 96.7 Å². The SMILES string of the molecule is CCCCCC1CCC(c2ccc(OCCCCCCc3ccc4c(-c5c(OCC)ccc6cc(CCCCCCOc7ccc(C8CCC(CCCCC)CC8)cc7)ccc56)c(OCC)ccc4c3)cc2)CC1. The molecule has 6 aromatic rings. The highest BCUT2D eigenvalue weighted by Gasteiger charge is 2.24. The Morgan fingerprint density at radius 2 is 0.770 bits per heavy atom. The molecule has 2 aliphatic carbocycles. The minimum atomic E-state index is 0.603. The predicted octanol–water partition coefficient (Wildman–Crippen LogP) is 20.5. The van der Waals surface area contributed by atoms with Gasteiger partial charge in [-0.15, -0.1) is 0 Å². The molecule has 0 aliphatic heterocycles. The van der Waals surface area contributed by atoms with E-state index in [9.17, 15) is 0 Å². The second kappa shape index (κ2) is 30.0. The molecule has 0 atom stereocenters. The van der Waals surface area contributed by atoms with E-state index >= 15 is 0 Å². The summed E-state index contributed by atoms with van der Waals surface area (Å²) in [5.41, 5.74) is 8.04. The molecule has 4 heteroatoms. The molecular formula is C70H94O4. The Kier molecular flexibility index (Phi) is 22.4. The molecule has 74 heavy (non-hydrogen) atoms. The molecule has 0 saturated heterocycles. The zero-order chi connectivity index (χ0) is 51.2. The fourth-order valence-corrected chi connectivity index (χ4v) is 12.7. The van der Waals surface area contributed by atoms with Crippen molar-refractivity contribution in [1.82, 2.24) is 0 Å². The van der Waals surface area contributed by atoms with Gasteiger partial charge in [-0.05, 0) is 208 Å². The van der Waals surface area contributed by atoms with Gasteiger partial charge >= 0.3 is 0 Å². The number of fused-ring (bicyclic) bond motifs is 2. The minimum absolute atomic E-state index is 0.603. The summed E-state index contributed by atoms with van der Waals surface area (Å²) in [5.74, 6) is 7.22. The Labute approximate surface area is 448 Å². The van der Waals surface area contributed by atoms with Crippen molar-refractivity contribution in [3.8, 4) is 34.1 Å². The molecule has 0 amide bonds. The summed E-state index contributed by atoms with van der Waals surface area (Å²) in [7, 11) is 0. The molecule has 8 rings (SSSR count). The molecule has 2 aliphatic rings. The van der Waals surface area contributed by atoms with Crippen molar-refractivity contribution in [1.29, 1.82) is 0 Å². The first-order valence-corrected chi connectivity index (χ1v) is 30.4. The van der Waals surface area contributed by atoms with Gasteiger partial charge < -0.3 is 18.9 Å². The van der Waals surface area contributed by atoms with Crippen LogP contribution in [-0.2, 0) is 12.8 Å². The third-order valence-corrected chi connectivity index (χ3v) is 17.0. The van der Waals surface area contributed by atoms with Gasteiger partial charge in [-0.3, -0.25) is 0 Å². The van der Waals surface area contributed by atoms with Crippen LogP contribution < -0.4 is 18.9 Å². The molecule has 0 unspecified atom stereocenters. The van der Waals surface area contributed by atoms with Crippen molar-refractivity contribution >= 4 is 21.5 Å². The number of rotatable bonds is 31. The standard InChI is InChI=1S/C70H94O4/c1-5-9-15-21-53-25-31-57(32-26-53)59-35-41-63(42-36-59)73-49-19-13-11-17-23-55-29-45-65-61(51-55)39-47-67(71-7-3)69(65)70-66-46-30-56(52-62(66)40-48-68(70)72-8-4)24-18-12-14-20-50-74-64-43-37-60(38-44-64)58-33-27-54(28-34-58)22-16-10-6-2/h29-30,35-48,51-54,57-58H,5-28,31-34,49-50H2,1-4H3. The summed E-state index contributed by atoms with van der Waals surface area (Å²) in [4.78, 5) is 0. The third kappa shape index (κ3) is 16.0. The van der Waals surface area contributed by atoms with Crippen LogP contribution in [-0.4, -0.2) is 26.4 Å². The summed E-state index contributed by atoms with van der Waals surface area (Å²) in [6.45, 7) is 11.5. The second-order valence-corrected chi connectivity index (χ2v) is 22.4. The highest BCUT2D eigenvalue weighted by atomic mass is 16.5. The van der Waals surface area contributed by atoms with Crippen LogP contribution in [0.25, 0.3) is 32.7 Å². The van der Waals surface area contributed by atoms with Crippen LogP contribution in [0, 0.1) is 11.8 Å². The molecule has 0 radical (unpaired) electrons. The molecular weight excluding hydrogens is 905 g/mol. The molecule has 0 bridgehead atoms. The number of benzene rings is 6. The molecule has 0 heterocycles. The Bertz CT molecular complexity index is 2360. The summed E-state index contributed by atoms with van der Waals surface area (Å²) in [6, 6.07) is 41.1. The van der Waals surface area contributed by atoms with E-state index in [-0.39, 0.29) is 0 Å². The van der Waals surface area contributed by atoms with Gasteiger partial charge in [0.05, 0.1) is 26.4 Å². The van der Waals surface area contributed by atoms with E-state index in [1.54, 1.807) is 0 Å². The molecule has 0 aromatic heterocycles. The molecule has 398 valence electrons. The Hall–Kier alpha value is -4.96. The molecule has 2 saturated carbocycles. The van der Waals surface area contributed by atoms with Crippen LogP contribution in [0.5, 0.6) is 23.0 Å². The van der Waals surface area contributed by atoms with Crippen LogP contribution >= 0.6 is 0 Å².